The van der Waals surface area contributed by atoms with Gasteiger partial charge in [0.1, 0.15) is 5.84 Å². The average Bonchev–Trinajstić information content (AvgIpc) is 2.35. The van der Waals surface area contributed by atoms with E-state index in [4.69, 9.17) is 15.9 Å². The molecule has 1 aromatic carbocycles. The van der Waals surface area contributed by atoms with Crippen molar-refractivity contribution >= 4 is 27.5 Å². The van der Waals surface area contributed by atoms with Gasteiger partial charge in [0.05, 0.1) is 22.9 Å². The molecule has 2 atom stereocenters. The monoisotopic (exact) mass is 329 g/mol. The highest BCUT2D eigenvalue weighted by molar-refractivity contribution is 9.10. The summed E-state index contributed by atoms with van der Waals surface area (Å²) in [5, 5.41) is 7.41. The van der Waals surface area contributed by atoms with E-state index in [9.17, 15) is 4.39 Å². The molecule has 1 aromatic rings. The van der Waals surface area contributed by atoms with Gasteiger partial charge in [0, 0.05) is 18.2 Å². The minimum Gasteiger partial charge on any atom is -0.384 e. The van der Waals surface area contributed by atoms with Crippen molar-refractivity contribution in [2.24, 2.45) is 5.73 Å². The van der Waals surface area contributed by atoms with Crippen LogP contribution in [0.1, 0.15) is 19.4 Å². The number of amidine groups is 1. The topological polar surface area (TPSA) is 62.3 Å². The number of nitrogen functional groups attached to an aromatic ring is 1. The van der Waals surface area contributed by atoms with Gasteiger partial charge in [0.15, 0.2) is 5.82 Å². The van der Waals surface area contributed by atoms with Crippen LogP contribution in [0.2, 0.25) is 0 Å². The first kappa shape index (κ1) is 14.3. The zero-order valence-corrected chi connectivity index (χ0v) is 12.5. The Bertz CT molecular complexity index is 509. The number of morpholine rings is 1. The van der Waals surface area contributed by atoms with Crippen LogP contribution in [0.5, 0.6) is 0 Å². The molecular formula is C13H17BrFN3O. The third-order valence-corrected chi connectivity index (χ3v) is 4.04. The van der Waals surface area contributed by atoms with Gasteiger partial charge >= 0.3 is 0 Å². The molecule has 0 aromatic heterocycles. The van der Waals surface area contributed by atoms with Crippen molar-refractivity contribution in [1.82, 2.24) is 0 Å². The van der Waals surface area contributed by atoms with E-state index in [0.29, 0.717) is 24.4 Å². The van der Waals surface area contributed by atoms with Crippen molar-refractivity contribution in [3.8, 4) is 0 Å². The Labute approximate surface area is 120 Å². The van der Waals surface area contributed by atoms with Crippen LogP contribution in [-0.2, 0) is 4.74 Å². The van der Waals surface area contributed by atoms with Gasteiger partial charge < -0.3 is 15.4 Å². The van der Waals surface area contributed by atoms with Gasteiger partial charge in [-0.25, -0.2) is 4.39 Å². The number of rotatable bonds is 2. The Morgan fingerprint density at radius 2 is 2.21 bits per heavy atom. The van der Waals surface area contributed by atoms with Crippen LogP contribution in [0.4, 0.5) is 10.1 Å². The Morgan fingerprint density at radius 1 is 1.53 bits per heavy atom. The maximum absolute atomic E-state index is 14.4. The summed E-state index contributed by atoms with van der Waals surface area (Å²) < 4.78 is 20.2. The van der Waals surface area contributed by atoms with Crippen molar-refractivity contribution in [3.05, 3.63) is 28.0 Å². The number of halogens is 2. The minimum absolute atomic E-state index is 0.0712. The lowest BCUT2D eigenvalue weighted by atomic mass is 10.1. The lowest BCUT2D eigenvalue weighted by Crippen LogP contribution is -2.47. The minimum atomic E-state index is -0.381. The summed E-state index contributed by atoms with van der Waals surface area (Å²) in [5.41, 5.74) is 6.30. The number of hydrogen-bond acceptors (Lipinski definition) is 3. The van der Waals surface area contributed by atoms with Crippen molar-refractivity contribution < 1.29 is 9.13 Å². The smallest absolute Gasteiger partial charge is 0.161 e. The Kier molecular flexibility index (Phi) is 4.10. The van der Waals surface area contributed by atoms with E-state index in [0.717, 1.165) is 0 Å². The SMILES string of the molecule is CC1CN(c2ccc(C(=N)N)c(Br)c2F)C(C)CO1. The molecule has 6 heteroatoms. The molecule has 104 valence electrons. The van der Waals surface area contributed by atoms with Gasteiger partial charge in [-0.2, -0.15) is 0 Å². The summed E-state index contributed by atoms with van der Waals surface area (Å²) in [6.45, 7) is 5.19. The van der Waals surface area contributed by atoms with E-state index < -0.39 is 0 Å². The number of anilines is 1. The fourth-order valence-corrected chi connectivity index (χ4v) is 2.76. The van der Waals surface area contributed by atoms with Crippen molar-refractivity contribution in [2.75, 3.05) is 18.1 Å². The van der Waals surface area contributed by atoms with Crippen LogP contribution in [0.3, 0.4) is 0 Å². The summed E-state index contributed by atoms with van der Waals surface area (Å²) in [4.78, 5) is 1.98. The molecule has 3 N–H and O–H groups in total. The molecule has 0 aliphatic carbocycles. The molecule has 2 rings (SSSR count). The first-order valence-electron chi connectivity index (χ1n) is 6.12. The zero-order valence-electron chi connectivity index (χ0n) is 10.9. The van der Waals surface area contributed by atoms with Gasteiger partial charge in [-0.3, -0.25) is 5.41 Å². The van der Waals surface area contributed by atoms with Crippen molar-refractivity contribution in [1.29, 1.82) is 5.41 Å². The summed E-state index contributed by atoms with van der Waals surface area (Å²) in [5.74, 6) is -0.533. The zero-order chi connectivity index (χ0) is 14.2. The van der Waals surface area contributed by atoms with Crippen LogP contribution in [0, 0.1) is 11.2 Å². The van der Waals surface area contributed by atoms with Gasteiger partial charge in [0.25, 0.3) is 0 Å². The number of hydrogen-bond donors (Lipinski definition) is 2. The second kappa shape index (κ2) is 5.46. The normalized spacial score (nSPS) is 23.5. The van der Waals surface area contributed by atoms with Gasteiger partial charge in [-0.05, 0) is 41.9 Å². The van der Waals surface area contributed by atoms with E-state index in [-0.39, 0.29) is 28.3 Å². The van der Waals surface area contributed by atoms with E-state index in [1.165, 1.54) is 0 Å². The maximum atomic E-state index is 14.4. The molecule has 0 bridgehead atoms. The lowest BCUT2D eigenvalue weighted by Gasteiger charge is -2.38. The second-order valence-corrected chi connectivity index (χ2v) is 5.61. The van der Waals surface area contributed by atoms with Crippen LogP contribution in [0.15, 0.2) is 16.6 Å². The number of benzene rings is 1. The third kappa shape index (κ3) is 2.74. The highest BCUT2D eigenvalue weighted by Crippen LogP contribution is 2.31. The molecule has 1 saturated heterocycles. The maximum Gasteiger partial charge on any atom is 0.161 e. The Morgan fingerprint density at radius 3 is 2.84 bits per heavy atom. The summed E-state index contributed by atoms with van der Waals surface area (Å²) in [6, 6.07) is 3.45. The Balaban J connectivity index is 2.40. The first-order chi connectivity index (χ1) is 8.91. The Hall–Kier alpha value is -1.14. The molecule has 0 saturated carbocycles. The molecule has 1 aliphatic heterocycles. The molecule has 0 spiro atoms. The third-order valence-electron chi connectivity index (χ3n) is 3.27. The molecule has 1 aliphatic rings. The molecule has 4 nitrogen and oxygen atoms in total. The molecule has 2 unspecified atom stereocenters. The molecule has 0 amide bonds. The van der Waals surface area contributed by atoms with Crippen LogP contribution < -0.4 is 10.6 Å². The average molecular weight is 330 g/mol. The summed E-state index contributed by atoms with van der Waals surface area (Å²) in [7, 11) is 0. The molecule has 19 heavy (non-hydrogen) atoms. The predicted octanol–water partition coefficient (Wildman–Crippen LogP) is 2.49. The highest BCUT2D eigenvalue weighted by Gasteiger charge is 2.27. The summed E-state index contributed by atoms with van der Waals surface area (Å²) in [6.07, 6.45) is 0.0712. The number of nitrogens with one attached hydrogen (secondary N) is 1. The summed E-state index contributed by atoms with van der Waals surface area (Å²) >= 11 is 3.18. The van der Waals surface area contributed by atoms with E-state index in [1.54, 1.807) is 12.1 Å². The molecule has 1 fully saturated rings. The fourth-order valence-electron chi connectivity index (χ4n) is 2.21. The number of nitrogens with zero attached hydrogens (tertiary/aromatic N) is 1. The standard InChI is InChI=1S/C13H17BrFN3O/c1-7-6-19-8(2)5-18(7)10-4-3-9(13(16)17)11(14)12(10)15/h3-4,7-8H,5-6H2,1-2H3,(H3,16,17). The van der Waals surface area contributed by atoms with Crippen LogP contribution >= 0.6 is 15.9 Å². The lowest BCUT2D eigenvalue weighted by molar-refractivity contribution is 0.0341. The first-order valence-corrected chi connectivity index (χ1v) is 6.91. The van der Waals surface area contributed by atoms with E-state index in [2.05, 4.69) is 15.9 Å². The quantitative estimate of drug-likeness (QED) is 0.647. The van der Waals surface area contributed by atoms with Crippen molar-refractivity contribution in [2.45, 2.75) is 26.0 Å². The van der Waals surface area contributed by atoms with E-state index in [1.807, 2.05) is 18.7 Å². The van der Waals surface area contributed by atoms with Crippen LogP contribution in [-0.4, -0.2) is 31.1 Å². The molecule has 0 radical (unpaired) electrons. The highest BCUT2D eigenvalue weighted by atomic mass is 79.9. The second-order valence-electron chi connectivity index (χ2n) is 4.82. The number of nitrogens with two attached hydrogens (primary N) is 1. The van der Waals surface area contributed by atoms with Gasteiger partial charge in [-0.1, -0.05) is 0 Å². The molecular weight excluding hydrogens is 313 g/mol. The molecule has 1 heterocycles. The predicted molar refractivity (Wildman–Crippen MR) is 77.3 cm³/mol. The number of ether oxygens (including phenoxy) is 1. The fraction of sp³-hybridized carbons (Fsp3) is 0.462. The largest absolute Gasteiger partial charge is 0.384 e. The van der Waals surface area contributed by atoms with Gasteiger partial charge in [-0.15, -0.1) is 0 Å². The van der Waals surface area contributed by atoms with Crippen molar-refractivity contribution in [3.63, 3.8) is 0 Å². The van der Waals surface area contributed by atoms with E-state index >= 15 is 0 Å². The van der Waals surface area contributed by atoms with Gasteiger partial charge in [0.2, 0.25) is 0 Å². The van der Waals surface area contributed by atoms with Crippen LogP contribution in [0.25, 0.3) is 0 Å².